The van der Waals surface area contributed by atoms with Crippen LogP contribution in [-0.2, 0) is 4.74 Å². The van der Waals surface area contributed by atoms with E-state index in [1.165, 1.54) is 4.90 Å². The molecule has 0 radical (unpaired) electrons. The third kappa shape index (κ3) is 5.51. The van der Waals surface area contributed by atoms with Gasteiger partial charge in [-0.2, -0.15) is 0 Å². The topological polar surface area (TPSA) is 67.9 Å². The fourth-order valence-electron chi connectivity index (χ4n) is 2.24. The van der Waals surface area contributed by atoms with Gasteiger partial charge in [-0.15, -0.1) is 0 Å². The van der Waals surface area contributed by atoms with Gasteiger partial charge >= 0.3 is 12.2 Å². The molecule has 6 nitrogen and oxygen atoms in total. The van der Waals surface area contributed by atoms with Crippen molar-refractivity contribution in [2.24, 2.45) is 5.92 Å². The highest BCUT2D eigenvalue weighted by atomic mass is 16.6. The summed E-state index contributed by atoms with van der Waals surface area (Å²) in [5, 5.41) is 2.61. The van der Waals surface area contributed by atoms with Crippen molar-refractivity contribution >= 4 is 23.6 Å². The van der Waals surface area contributed by atoms with E-state index >= 15 is 0 Å². The lowest BCUT2D eigenvalue weighted by Gasteiger charge is -2.19. The summed E-state index contributed by atoms with van der Waals surface area (Å²) in [6.45, 7) is 6.17. The summed E-state index contributed by atoms with van der Waals surface area (Å²) in [5.41, 5.74) is 2.22. The van der Waals surface area contributed by atoms with E-state index in [4.69, 9.17) is 9.47 Å². The Labute approximate surface area is 153 Å². The van der Waals surface area contributed by atoms with E-state index in [-0.39, 0.29) is 5.92 Å². The Kier molecular flexibility index (Phi) is 6.60. The van der Waals surface area contributed by atoms with Gasteiger partial charge in [0.1, 0.15) is 5.75 Å². The largest absolute Gasteiger partial charge is 0.449 e. The fraction of sp³-hybridized carbons (Fsp3) is 0.300. The van der Waals surface area contributed by atoms with Gasteiger partial charge in [-0.1, -0.05) is 38.1 Å². The van der Waals surface area contributed by atoms with Crippen LogP contribution < -0.4 is 15.0 Å². The average Bonchev–Trinajstić information content (AvgIpc) is 2.60. The van der Waals surface area contributed by atoms with E-state index in [1.807, 2.05) is 45.0 Å². The van der Waals surface area contributed by atoms with Crippen molar-refractivity contribution in [2.75, 3.05) is 23.9 Å². The minimum absolute atomic E-state index is 0.255. The monoisotopic (exact) mass is 356 g/mol. The molecule has 2 aromatic rings. The van der Waals surface area contributed by atoms with Crippen molar-refractivity contribution in [3.63, 3.8) is 0 Å². The first kappa shape index (κ1) is 19.3. The third-order valence-electron chi connectivity index (χ3n) is 3.58. The molecule has 0 saturated heterocycles. The van der Waals surface area contributed by atoms with E-state index in [1.54, 1.807) is 31.3 Å². The number of benzene rings is 2. The number of carbonyl (C=O) groups excluding carboxylic acids is 2. The number of nitrogens with zero attached hydrogens (tertiary/aromatic N) is 1. The zero-order valence-corrected chi connectivity index (χ0v) is 15.5. The van der Waals surface area contributed by atoms with Crippen LogP contribution in [0.2, 0.25) is 0 Å². The third-order valence-corrected chi connectivity index (χ3v) is 3.58. The van der Waals surface area contributed by atoms with Crippen LogP contribution >= 0.6 is 0 Å². The Morgan fingerprint density at radius 3 is 2.54 bits per heavy atom. The molecular formula is C20H24N2O4. The summed E-state index contributed by atoms with van der Waals surface area (Å²) in [6.07, 6.45) is -1.06. The number of para-hydroxylation sites is 1. The molecule has 6 heteroatoms. The Morgan fingerprint density at radius 1 is 1.12 bits per heavy atom. The van der Waals surface area contributed by atoms with Crippen LogP contribution in [0.1, 0.15) is 19.4 Å². The second kappa shape index (κ2) is 8.89. The zero-order valence-electron chi connectivity index (χ0n) is 15.5. The maximum absolute atomic E-state index is 12.4. The molecule has 0 saturated carbocycles. The minimum atomic E-state index is -0.542. The molecule has 0 fully saturated rings. The van der Waals surface area contributed by atoms with Crippen LogP contribution in [0.25, 0.3) is 0 Å². The second-order valence-electron chi connectivity index (χ2n) is 6.36. The van der Waals surface area contributed by atoms with Crippen molar-refractivity contribution in [2.45, 2.75) is 20.8 Å². The smallest absolute Gasteiger partial charge is 0.419 e. The fourth-order valence-corrected chi connectivity index (χ4v) is 2.24. The molecule has 0 aliphatic carbocycles. The number of aryl methyl sites for hydroxylation is 1. The number of hydrogen-bond acceptors (Lipinski definition) is 4. The van der Waals surface area contributed by atoms with Crippen molar-refractivity contribution in [3.05, 3.63) is 54.1 Å². The number of amides is 2. The van der Waals surface area contributed by atoms with Gasteiger partial charge in [0, 0.05) is 24.5 Å². The summed E-state index contributed by atoms with van der Waals surface area (Å²) in [5.74, 6) is 0.585. The number of anilines is 2. The molecule has 0 heterocycles. The van der Waals surface area contributed by atoms with Crippen molar-refractivity contribution in [3.8, 4) is 5.75 Å². The van der Waals surface area contributed by atoms with E-state index in [9.17, 15) is 9.59 Å². The molecule has 0 atom stereocenters. The van der Waals surface area contributed by atoms with Gasteiger partial charge in [0.25, 0.3) is 0 Å². The SMILES string of the molecule is Cc1ccccc1N(C)C(=O)Oc1cccc(NC(=O)OCC(C)C)c1. The highest BCUT2D eigenvalue weighted by Gasteiger charge is 2.15. The summed E-state index contributed by atoms with van der Waals surface area (Å²) >= 11 is 0. The summed E-state index contributed by atoms with van der Waals surface area (Å²) < 4.78 is 10.5. The molecule has 0 aromatic heterocycles. The summed E-state index contributed by atoms with van der Waals surface area (Å²) in [7, 11) is 1.65. The first-order valence-corrected chi connectivity index (χ1v) is 8.42. The molecular weight excluding hydrogens is 332 g/mol. The molecule has 0 bridgehead atoms. The molecule has 0 unspecified atom stereocenters. The lowest BCUT2D eigenvalue weighted by atomic mass is 10.2. The molecule has 0 aliphatic rings. The van der Waals surface area contributed by atoms with Crippen molar-refractivity contribution in [1.29, 1.82) is 0 Å². The minimum Gasteiger partial charge on any atom is -0.449 e. The first-order valence-electron chi connectivity index (χ1n) is 8.42. The van der Waals surface area contributed by atoms with Crippen LogP contribution in [0.5, 0.6) is 5.75 Å². The number of hydrogen-bond donors (Lipinski definition) is 1. The van der Waals surface area contributed by atoms with Crippen LogP contribution in [0.15, 0.2) is 48.5 Å². The van der Waals surface area contributed by atoms with Gasteiger partial charge < -0.3 is 9.47 Å². The van der Waals surface area contributed by atoms with Crippen molar-refractivity contribution in [1.82, 2.24) is 0 Å². The van der Waals surface area contributed by atoms with Gasteiger partial charge in [-0.3, -0.25) is 10.2 Å². The lowest BCUT2D eigenvalue weighted by Crippen LogP contribution is -2.30. The number of ether oxygens (including phenoxy) is 2. The van der Waals surface area contributed by atoms with Gasteiger partial charge in [0.2, 0.25) is 0 Å². The Hall–Kier alpha value is -3.02. The van der Waals surface area contributed by atoms with E-state index < -0.39 is 12.2 Å². The van der Waals surface area contributed by atoms with Gasteiger partial charge in [-0.25, -0.2) is 9.59 Å². The van der Waals surface area contributed by atoms with Gasteiger partial charge in [0.15, 0.2) is 0 Å². The second-order valence-corrected chi connectivity index (χ2v) is 6.36. The number of carbonyl (C=O) groups is 2. The molecule has 0 spiro atoms. The van der Waals surface area contributed by atoms with E-state index in [0.717, 1.165) is 11.3 Å². The highest BCUT2D eigenvalue weighted by Crippen LogP contribution is 2.22. The zero-order chi connectivity index (χ0) is 19.1. The maximum Gasteiger partial charge on any atom is 0.419 e. The number of nitrogens with one attached hydrogen (secondary N) is 1. The van der Waals surface area contributed by atoms with E-state index in [2.05, 4.69) is 5.32 Å². The molecule has 1 N–H and O–H groups in total. The Bertz CT molecular complexity index is 774. The molecule has 138 valence electrons. The molecule has 26 heavy (non-hydrogen) atoms. The van der Waals surface area contributed by atoms with Crippen molar-refractivity contribution < 1.29 is 19.1 Å². The molecule has 2 aromatic carbocycles. The normalized spacial score (nSPS) is 10.3. The van der Waals surface area contributed by atoms with Gasteiger partial charge in [-0.05, 0) is 36.6 Å². The van der Waals surface area contributed by atoms with Crippen LogP contribution in [0.3, 0.4) is 0 Å². The summed E-state index contributed by atoms with van der Waals surface area (Å²) in [4.78, 5) is 25.5. The number of rotatable bonds is 5. The Balaban J connectivity index is 2.00. The van der Waals surface area contributed by atoms with E-state index in [0.29, 0.717) is 18.0 Å². The summed E-state index contributed by atoms with van der Waals surface area (Å²) in [6, 6.07) is 14.1. The van der Waals surface area contributed by atoms with Gasteiger partial charge in [0.05, 0.1) is 6.61 Å². The van der Waals surface area contributed by atoms with Crippen LogP contribution in [0.4, 0.5) is 21.0 Å². The molecule has 0 aliphatic heterocycles. The quantitative estimate of drug-likeness (QED) is 0.833. The highest BCUT2D eigenvalue weighted by molar-refractivity contribution is 5.90. The standard InChI is InChI=1S/C20H24N2O4/c1-14(2)13-25-19(23)21-16-9-7-10-17(12-16)26-20(24)22(4)18-11-6-5-8-15(18)3/h5-12,14H,13H2,1-4H3,(H,21,23). The first-order chi connectivity index (χ1) is 12.4. The Morgan fingerprint density at radius 2 is 1.85 bits per heavy atom. The lowest BCUT2D eigenvalue weighted by molar-refractivity contribution is 0.147. The predicted molar refractivity (Wildman–Crippen MR) is 102 cm³/mol. The van der Waals surface area contributed by atoms with Crippen LogP contribution in [-0.4, -0.2) is 25.8 Å². The maximum atomic E-state index is 12.4. The molecule has 2 rings (SSSR count). The predicted octanol–water partition coefficient (Wildman–Crippen LogP) is 4.83. The average molecular weight is 356 g/mol. The molecule has 2 amide bonds. The van der Waals surface area contributed by atoms with Crippen LogP contribution in [0, 0.1) is 12.8 Å².